The molecule has 1 fully saturated rings. The first-order chi connectivity index (χ1) is 18.1. The van der Waals surface area contributed by atoms with Crippen LogP contribution in [0.4, 0.5) is 5.69 Å². The molecule has 1 unspecified atom stereocenters. The maximum atomic E-state index is 12.2. The number of nitrogens with zero attached hydrogens (tertiary/aromatic N) is 5. The van der Waals surface area contributed by atoms with E-state index in [-0.39, 0.29) is 17.9 Å². The fourth-order valence-electron chi connectivity index (χ4n) is 5.59. The van der Waals surface area contributed by atoms with Crippen molar-refractivity contribution in [2.24, 2.45) is 13.0 Å². The highest BCUT2D eigenvalue weighted by Gasteiger charge is 2.30. The SMILES string of the molecule is CC(=O)N1CCCC([C@H](Nc2cc(-c3ccc4ccn(C)c4c3)c3nccnc3c2)c2cccnc2)C1. The standard InChI is InChI=1S/C30H30N6O/c1-20(37)36-13-4-6-24(19-36)29(23-5-3-10-31-18-23)34-25-16-26(30-27(17-25)32-11-12-33-30)22-8-7-21-9-14-35(2)28(21)15-22/h3,5,7-12,14-18,24,29,34H,4,6,13,19H2,1-2H3/t24?,29-/m1/s1. The lowest BCUT2D eigenvalue weighted by Gasteiger charge is -2.37. The number of carbonyl (C=O) groups is 1. The zero-order valence-corrected chi connectivity index (χ0v) is 21.1. The molecule has 0 spiro atoms. The minimum Gasteiger partial charge on any atom is -0.378 e. The van der Waals surface area contributed by atoms with Gasteiger partial charge in [-0.05, 0) is 59.7 Å². The number of nitrogens with one attached hydrogen (secondary N) is 1. The van der Waals surface area contributed by atoms with Crippen LogP contribution >= 0.6 is 0 Å². The fraction of sp³-hybridized carbons (Fsp3) is 0.267. The highest BCUT2D eigenvalue weighted by Crippen LogP contribution is 2.36. The summed E-state index contributed by atoms with van der Waals surface area (Å²) in [6, 6.07) is 17.0. The molecular weight excluding hydrogens is 460 g/mol. The predicted octanol–water partition coefficient (Wildman–Crippen LogP) is 5.60. The van der Waals surface area contributed by atoms with Gasteiger partial charge in [-0.1, -0.05) is 18.2 Å². The number of aromatic nitrogens is 4. The molecule has 2 aromatic carbocycles. The van der Waals surface area contributed by atoms with Gasteiger partial charge in [-0.3, -0.25) is 19.7 Å². The van der Waals surface area contributed by atoms with Gasteiger partial charge in [0.15, 0.2) is 0 Å². The van der Waals surface area contributed by atoms with E-state index in [0.29, 0.717) is 0 Å². The van der Waals surface area contributed by atoms with Gasteiger partial charge in [0.25, 0.3) is 0 Å². The Balaban J connectivity index is 1.43. The zero-order valence-electron chi connectivity index (χ0n) is 21.1. The van der Waals surface area contributed by atoms with Crippen molar-refractivity contribution in [1.82, 2.24) is 24.4 Å². The molecule has 186 valence electrons. The van der Waals surface area contributed by atoms with Crippen LogP contribution in [-0.4, -0.2) is 43.4 Å². The number of likely N-dealkylation sites (tertiary alicyclic amines) is 1. The Morgan fingerprint density at radius 1 is 1.08 bits per heavy atom. The van der Waals surface area contributed by atoms with Crippen LogP contribution in [0.3, 0.4) is 0 Å². The molecule has 5 aromatic rings. The van der Waals surface area contributed by atoms with E-state index < -0.39 is 0 Å². The maximum absolute atomic E-state index is 12.2. The van der Waals surface area contributed by atoms with Crippen molar-refractivity contribution in [1.29, 1.82) is 0 Å². The van der Waals surface area contributed by atoms with Crippen molar-refractivity contribution < 1.29 is 4.79 Å². The largest absolute Gasteiger partial charge is 0.378 e. The average Bonchev–Trinajstić information content (AvgIpc) is 3.31. The number of rotatable bonds is 5. The Kier molecular flexibility index (Phi) is 6.04. The molecule has 1 saturated heterocycles. The van der Waals surface area contributed by atoms with E-state index in [2.05, 4.69) is 75.6 Å². The summed E-state index contributed by atoms with van der Waals surface area (Å²) in [4.78, 5) is 27.9. The third-order valence-corrected chi connectivity index (χ3v) is 7.51. The second-order valence-corrected chi connectivity index (χ2v) is 9.92. The number of hydrogen-bond donors (Lipinski definition) is 1. The first-order valence-electron chi connectivity index (χ1n) is 12.8. The van der Waals surface area contributed by atoms with Crippen LogP contribution in [-0.2, 0) is 11.8 Å². The van der Waals surface area contributed by atoms with Gasteiger partial charge in [-0.25, -0.2) is 0 Å². The first kappa shape index (κ1) is 23.2. The van der Waals surface area contributed by atoms with Crippen LogP contribution in [0.25, 0.3) is 33.1 Å². The molecule has 2 atom stereocenters. The topological polar surface area (TPSA) is 75.9 Å². The summed E-state index contributed by atoms with van der Waals surface area (Å²) in [5.41, 5.74) is 7.12. The predicted molar refractivity (Wildman–Crippen MR) is 147 cm³/mol. The lowest BCUT2D eigenvalue weighted by molar-refractivity contribution is -0.130. The van der Waals surface area contributed by atoms with E-state index in [1.807, 2.05) is 17.2 Å². The van der Waals surface area contributed by atoms with Crippen molar-refractivity contribution in [2.75, 3.05) is 18.4 Å². The molecule has 0 saturated carbocycles. The smallest absolute Gasteiger partial charge is 0.219 e. The summed E-state index contributed by atoms with van der Waals surface area (Å²) in [5, 5.41) is 5.03. The number of fused-ring (bicyclic) bond motifs is 2. The molecule has 4 heterocycles. The van der Waals surface area contributed by atoms with E-state index in [4.69, 9.17) is 4.98 Å². The average molecular weight is 491 g/mol. The molecule has 3 aromatic heterocycles. The van der Waals surface area contributed by atoms with E-state index in [0.717, 1.165) is 59.3 Å². The van der Waals surface area contributed by atoms with Gasteiger partial charge in [0.1, 0.15) is 0 Å². The van der Waals surface area contributed by atoms with Gasteiger partial charge in [0.2, 0.25) is 5.91 Å². The summed E-state index contributed by atoms with van der Waals surface area (Å²) in [7, 11) is 2.06. The van der Waals surface area contributed by atoms with Gasteiger partial charge >= 0.3 is 0 Å². The van der Waals surface area contributed by atoms with Crippen molar-refractivity contribution in [3.8, 4) is 11.1 Å². The maximum Gasteiger partial charge on any atom is 0.219 e. The Hall–Kier alpha value is -4.26. The summed E-state index contributed by atoms with van der Waals surface area (Å²) >= 11 is 0. The van der Waals surface area contributed by atoms with Crippen LogP contribution in [0, 0.1) is 5.92 Å². The summed E-state index contributed by atoms with van der Waals surface area (Å²) in [6.45, 7) is 3.21. The molecule has 0 aliphatic carbocycles. The third-order valence-electron chi connectivity index (χ3n) is 7.51. The molecule has 1 amide bonds. The summed E-state index contributed by atoms with van der Waals surface area (Å²) in [5.74, 6) is 0.400. The van der Waals surface area contributed by atoms with Crippen molar-refractivity contribution in [2.45, 2.75) is 25.8 Å². The molecule has 37 heavy (non-hydrogen) atoms. The number of hydrogen-bond acceptors (Lipinski definition) is 5. The molecule has 0 radical (unpaired) electrons. The van der Waals surface area contributed by atoms with Gasteiger partial charge in [0.05, 0.1) is 17.1 Å². The lowest BCUT2D eigenvalue weighted by Crippen LogP contribution is -2.41. The second kappa shape index (κ2) is 9.65. The van der Waals surface area contributed by atoms with Crippen molar-refractivity contribution in [3.05, 3.63) is 85.1 Å². The number of piperidine rings is 1. The normalized spacial score (nSPS) is 16.7. The Labute approximate surface area is 216 Å². The lowest BCUT2D eigenvalue weighted by atomic mass is 9.86. The first-order valence-corrected chi connectivity index (χ1v) is 12.8. The molecule has 1 aliphatic heterocycles. The molecule has 7 nitrogen and oxygen atoms in total. The van der Waals surface area contributed by atoms with E-state index >= 15 is 0 Å². The van der Waals surface area contributed by atoms with E-state index in [9.17, 15) is 4.79 Å². The highest BCUT2D eigenvalue weighted by atomic mass is 16.2. The Bertz CT molecular complexity index is 1580. The van der Waals surface area contributed by atoms with Crippen LogP contribution < -0.4 is 5.32 Å². The van der Waals surface area contributed by atoms with Crippen molar-refractivity contribution in [3.63, 3.8) is 0 Å². The summed E-state index contributed by atoms with van der Waals surface area (Å²) in [6.07, 6.45) is 11.3. The van der Waals surface area contributed by atoms with Crippen LogP contribution in [0.2, 0.25) is 0 Å². The Morgan fingerprint density at radius 3 is 2.81 bits per heavy atom. The summed E-state index contributed by atoms with van der Waals surface area (Å²) < 4.78 is 2.14. The van der Waals surface area contributed by atoms with Gasteiger partial charge in [-0.15, -0.1) is 0 Å². The third kappa shape index (κ3) is 4.53. The number of pyridine rings is 1. The van der Waals surface area contributed by atoms with Crippen LogP contribution in [0.15, 0.2) is 79.5 Å². The number of amides is 1. The minimum atomic E-state index is 0.00757. The number of carbonyl (C=O) groups excluding carboxylic acids is 1. The molecule has 6 rings (SSSR count). The van der Waals surface area contributed by atoms with Gasteiger partial charge < -0.3 is 14.8 Å². The molecule has 1 aliphatic rings. The van der Waals surface area contributed by atoms with Crippen LogP contribution in [0.5, 0.6) is 0 Å². The fourth-order valence-corrected chi connectivity index (χ4v) is 5.59. The van der Waals surface area contributed by atoms with E-state index in [1.165, 1.54) is 10.9 Å². The highest BCUT2D eigenvalue weighted by molar-refractivity contribution is 5.97. The van der Waals surface area contributed by atoms with Gasteiger partial charge in [-0.2, -0.15) is 0 Å². The van der Waals surface area contributed by atoms with Crippen LogP contribution in [0.1, 0.15) is 31.4 Å². The number of benzene rings is 2. The molecule has 1 N–H and O–H groups in total. The molecular formula is C30H30N6O. The molecule has 7 heteroatoms. The Morgan fingerprint density at radius 2 is 1.97 bits per heavy atom. The number of anilines is 1. The second-order valence-electron chi connectivity index (χ2n) is 9.92. The molecule has 0 bridgehead atoms. The quantitative estimate of drug-likeness (QED) is 0.347. The minimum absolute atomic E-state index is 0.00757. The van der Waals surface area contributed by atoms with Gasteiger partial charge in [0, 0.05) is 80.7 Å². The van der Waals surface area contributed by atoms with Crippen molar-refractivity contribution >= 4 is 33.5 Å². The monoisotopic (exact) mass is 490 g/mol. The number of aryl methyl sites for hydroxylation is 1. The van der Waals surface area contributed by atoms with E-state index in [1.54, 1.807) is 25.5 Å². The zero-order chi connectivity index (χ0) is 25.4.